The number of hydrogen-bond acceptors (Lipinski definition) is 0. The minimum atomic E-state index is 0.893. The summed E-state index contributed by atoms with van der Waals surface area (Å²) in [5, 5.41) is 0. The van der Waals surface area contributed by atoms with E-state index in [9.17, 15) is 0 Å². The van der Waals surface area contributed by atoms with E-state index in [-0.39, 0.29) is 0 Å². The van der Waals surface area contributed by atoms with E-state index in [1.54, 1.807) is 0 Å². The molecule has 6 heavy (non-hydrogen) atoms. The Hall–Kier alpha value is -0.260. The minimum absolute atomic E-state index is 0.893. The minimum Gasteiger partial charge on any atom is -0.0914 e. The van der Waals surface area contributed by atoms with E-state index in [4.69, 9.17) is 0 Å². The average molecular weight is 82.1 g/mol. The van der Waals surface area contributed by atoms with E-state index >= 15 is 0 Å². The average Bonchev–Trinajstić information content (AvgIpc) is 1.61. The third-order valence-corrected chi connectivity index (χ3v) is 0.495. The second-order valence-corrected chi connectivity index (χ2v) is 1.05. The standard InChI is InChI=1S/C6H10/c1-3-5-6-4-2/h4-6H,1,3H2,2H3/b6-4+. The molecule has 0 saturated heterocycles. The summed E-state index contributed by atoms with van der Waals surface area (Å²) in [6.07, 6.45) is 6.89. The Labute approximate surface area is 39.9 Å². The van der Waals surface area contributed by atoms with Crippen LogP contribution in [-0.2, 0) is 0 Å². The maximum atomic E-state index is 3.62. The van der Waals surface area contributed by atoms with Crippen molar-refractivity contribution in [2.45, 2.75) is 13.3 Å². The first-order chi connectivity index (χ1) is 2.91. The Morgan fingerprint density at radius 3 is 2.50 bits per heavy atom. The normalized spacial score (nSPS) is 10.3. The number of hydrogen-bond donors (Lipinski definition) is 0. The molecule has 0 aliphatic heterocycles. The summed E-state index contributed by atoms with van der Waals surface area (Å²) in [5.74, 6) is 0. The topological polar surface area (TPSA) is 0 Å². The lowest BCUT2D eigenvalue weighted by Gasteiger charge is -1.75. The molecule has 0 aliphatic carbocycles. The van der Waals surface area contributed by atoms with E-state index in [0.29, 0.717) is 0 Å². The summed E-state index contributed by atoms with van der Waals surface area (Å²) in [5.41, 5.74) is 0. The van der Waals surface area contributed by atoms with Crippen LogP contribution in [-0.4, -0.2) is 0 Å². The fourth-order valence-corrected chi connectivity index (χ4v) is 0.232. The van der Waals surface area contributed by atoms with E-state index in [2.05, 4.69) is 6.92 Å². The molecule has 2 radical (unpaired) electrons. The van der Waals surface area contributed by atoms with Gasteiger partial charge in [0.1, 0.15) is 0 Å². The molecule has 34 valence electrons. The monoisotopic (exact) mass is 82.1 g/mol. The van der Waals surface area contributed by atoms with E-state index in [1.165, 1.54) is 0 Å². The summed E-state index contributed by atoms with van der Waals surface area (Å²) < 4.78 is 0. The molecule has 0 fully saturated rings. The van der Waals surface area contributed by atoms with Gasteiger partial charge in [-0.25, -0.2) is 0 Å². The first-order valence-corrected chi connectivity index (χ1v) is 2.15. The van der Waals surface area contributed by atoms with Crippen LogP contribution in [0.2, 0.25) is 0 Å². The van der Waals surface area contributed by atoms with Crippen LogP contribution < -0.4 is 0 Å². The zero-order valence-electron chi connectivity index (χ0n) is 4.15. The van der Waals surface area contributed by atoms with Crippen molar-refractivity contribution in [1.29, 1.82) is 0 Å². The van der Waals surface area contributed by atoms with Gasteiger partial charge in [-0.1, -0.05) is 19.1 Å². The highest BCUT2D eigenvalue weighted by molar-refractivity contribution is 4.92. The largest absolute Gasteiger partial charge is 0.0914 e. The van der Waals surface area contributed by atoms with Crippen molar-refractivity contribution in [2.24, 2.45) is 0 Å². The second-order valence-electron chi connectivity index (χ2n) is 1.05. The molecule has 0 atom stereocenters. The van der Waals surface area contributed by atoms with Crippen LogP contribution in [0, 0.1) is 13.3 Å². The van der Waals surface area contributed by atoms with Crippen molar-refractivity contribution in [3.63, 3.8) is 0 Å². The number of allylic oxidation sites excluding steroid dienone is 2. The van der Waals surface area contributed by atoms with Gasteiger partial charge >= 0.3 is 0 Å². The van der Waals surface area contributed by atoms with Crippen molar-refractivity contribution in [2.75, 3.05) is 0 Å². The van der Waals surface area contributed by atoms with Gasteiger partial charge in [-0.05, 0) is 19.8 Å². The van der Waals surface area contributed by atoms with Crippen LogP contribution in [0.25, 0.3) is 0 Å². The maximum absolute atomic E-state index is 3.62. The van der Waals surface area contributed by atoms with Gasteiger partial charge in [0.15, 0.2) is 0 Å². The van der Waals surface area contributed by atoms with Crippen LogP contribution in [0.5, 0.6) is 0 Å². The molecule has 0 unspecified atom stereocenters. The molecule has 0 rings (SSSR count). The Balaban J connectivity index is 2.66. The lowest BCUT2D eigenvalue weighted by molar-refractivity contribution is 1.29. The highest BCUT2D eigenvalue weighted by atomic mass is 13.7. The van der Waals surface area contributed by atoms with Gasteiger partial charge in [0.25, 0.3) is 0 Å². The summed E-state index contributed by atoms with van der Waals surface area (Å²) in [6.45, 7) is 5.61. The Morgan fingerprint density at radius 1 is 1.67 bits per heavy atom. The maximum Gasteiger partial charge on any atom is -0.0171 e. The highest BCUT2D eigenvalue weighted by Crippen LogP contribution is 1.82. The highest BCUT2D eigenvalue weighted by Gasteiger charge is 1.65. The molecule has 0 spiro atoms. The molecule has 0 aromatic carbocycles. The molecule has 0 N–H and O–H groups in total. The predicted molar refractivity (Wildman–Crippen MR) is 29.1 cm³/mol. The Morgan fingerprint density at radius 2 is 2.33 bits per heavy atom. The van der Waals surface area contributed by atoms with Gasteiger partial charge < -0.3 is 0 Å². The van der Waals surface area contributed by atoms with Crippen molar-refractivity contribution < 1.29 is 0 Å². The molecular weight excluding hydrogens is 72.1 g/mol. The van der Waals surface area contributed by atoms with Crippen LogP contribution in [0.1, 0.15) is 13.3 Å². The molecule has 0 heteroatoms. The first kappa shape index (κ1) is 5.74. The second kappa shape index (κ2) is 4.74. The SMILES string of the molecule is [CH2]C[CH]/C=C/C. The molecular formula is C6H10. The zero-order chi connectivity index (χ0) is 4.83. The fraction of sp³-hybridized carbons (Fsp3) is 0.333. The number of unbranched alkanes of at least 4 members (excludes halogenated alkanes) is 1. The lowest BCUT2D eigenvalue weighted by Crippen LogP contribution is -1.58. The first-order valence-electron chi connectivity index (χ1n) is 2.15. The van der Waals surface area contributed by atoms with Crippen molar-refractivity contribution >= 4 is 0 Å². The lowest BCUT2D eigenvalue weighted by atomic mass is 10.3. The predicted octanol–water partition coefficient (Wildman–Crippen LogP) is 1.99. The third kappa shape index (κ3) is 3.74. The molecule has 0 aromatic heterocycles. The van der Waals surface area contributed by atoms with Crippen LogP contribution >= 0.6 is 0 Å². The van der Waals surface area contributed by atoms with E-state index in [0.717, 1.165) is 6.42 Å². The van der Waals surface area contributed by atoms with Gasteiger partial charge in [-0.2, -0.15) is 0 Å². The zero-order valence-corrected chi connectivity index (χ0v) is 4.15. The smallest absolute Gasteiger partial charge is 0.0171 e. The summed E-state index contributed by atoms with van der Waals surface area (Å²) >= 11 is 0. The van der Waals surface area contributed by atoms with Gasteiger partial charge in [-0.15, -0.1) is 0 Å². The van der Waals surface area contributed by atoms with Crippen molar-refractivity contribution in [1.82, 2.24) is 0 Å². The molecule has 0 aliphatic rings. The fourth-order valence-electron chi connectivity index (χ4n) is 0.232. The van der Waals surface area contributed by atoms with Gasteiger partial charge in [-0.3, -0.25) is 0 Å². The molecule has 0 saturated carbocycles. The Kier molecular flexibility index (Phi) is 4.53. The van der Waals surface area contributed by atoms with Crippen molar-refractivity contribution in [3.8, 4) is 0 Å². The molecule has 0 aromatic rings. The molecule has 0 amide bonds. The third-order valence-electron chi connectivity index (χ3n) is 0.495. The van der Waals surface area contributed by atoms with Crippen LogP contribution in [0.15, 0.2) is 12.2 Å². The molecule has 0 heterocycles. The molecule has 0 bridgehead atoms. The van der Waals surface area contributed by atoms with E-state index < -0.39 is 0 Å². The Bertz CT molecular complexity index is 35.3. The van der Waals surface area contributed by atoms with Gasteiger partial charge in [0.05, 0.1) is 0 Å². The molecule has 0 nitrogen and oxygen atoms in total. The van der Waals surface area contributed by atoms with Gasteiger partial charge in [0, 0.05) is 0 Å². The quantitative estimate of drug-likeness (QED) is 0.478. The summed E-state index contributed by atoms with van der Waals surface area (Å²) in [4.78, 5) is 0. The summed E-state index contributed by atoms with van der Waals surface area (Å²) in [7, 11) is 0. The number of rotatable bonds is 2. The van der Waals surface area contributed by atoms with Crippen molar-refractivity contribution in [3.05, 3.63) is 25.5 Å². The van der Waals surface area contributed by atoms with Crippen LogP contribution in [0.4, 0.5) is 0 Å². The van der Waals surface area contributed by atoms with Gasteiger partial charge in [0.2, 0.25) is 0 Å². The van der Waals surface area contributed by atoms with E-state index in [1.807, 2.05) is 25.5 Å². The van der Waals surface area contributed by atoms with Crippen LogP contribution in [0.3, 0.4) is 0 Å². The summed E-state index contributed by atoms with van der Waals surface area (Å²) in [6, 6.07) is 0.